The summed E-state index contributed by atoms with van der Waals surface area (Å²) in [6.45, 7) is 7.43. The van der Waals surface area contributed by atoms with Crippen LogP contribution in [0.4, 0.5) is 0 Å². The van der Waals surface area contributed by atoms with Crippen molar-refractivity contribution >= 4 is 0 Å². The first-order valence-corrected chi connectivity index (χ1v) is 3.47. The summed E-state index contributed by atoms with van der Waals surface area (Å²) in [5.74, 6) is 0. The predicted molar refractivity (Wildman–Crippen MR) is 37.0 cm³/mol. The van der Waals surface area contributed by atoms with E-state index in [1.54, 1.807) is 0 Å². The van der Waals surface area contributed by atoms with E-state index in [2.05, 4.69) is 26.1 Å². The highest BCUT2D eigenvalue weighted by atomic mass is 14.9. The highest BCUT2D eigenvalue weighted by Crippen LogP contribution is 1.94. The minimum absolute atomic E-state index is 0.588. The molecule has 0 aromatic carbocycles. The molecule has 0 bridgehead atoms. The summed E-state index contributed by atoms with van der Waals surface area (Å²) >= 11 is 0. The van der Waals surface area contributed by atoms with Gasteiger partial charge in [0.2, 0.25) is 0 Å². The molecule has 49 valence electrons. The van der Waals surface area contributed by atoms with E-state index in [0.717, 1.165) is 6.54 Å². The van der Waals surface area contributed by atoms with Crippen LogP contribution in [0.5, 0.6) is 0 Å². The third-order valence-corrected chi connectivity index (χ3v) is 1.20. The molecule has 0 aromatic rings. The minimum atomic E-state index is 0.588. The second-order valence-electron chi connectivity index (χ2n) is 2.14. The highest BCUT2D eigenvalue weighted by Gasteiger charge is 1.95. The van der Waals surface area contributed by atoms with Crippen LogP contribution < -0.4 is 5.32 Å². The molecule has 0 aromatic heterocycles. The summed E-state index contributed by atoms with van der Waals surface area (Å²) in [5, 5.41) is 4.31. The molecule has 0 amide bonds. The summed E-state index contributed by atoms with van der Waals surface area (Å²) in [7, 11) is 0. The average Bonchev–Trinajstić information content (AvgIpc) is 1.68. The van der Waals surface area contributed by atoms with Gasteiger partial charge in [-0.15, -0.1) is 0 Å². The van der Waals surface area contributed by atoms with Crippen molar-refractivity contribution in [1.29, 1.82) is 0 Å². The van der Waals surface area contributed by atoms with Gasteiger partial charge in [-0.05, 0) is 13.3 Å². The molecule has 0 saturated heterocycles. The highest BCUT2D eigenvalue weighted by molar-refractivity contribution is 4.55. The Morgan fingerprint density at radius 2 is 2.00 bits per heavy atom. The molecule has 0 rings (SSSR count). The molecule has 1 nitrogen and oxygen atoms in total. The maximum Gasteiger partial charge on any atom is 0.0217 e. The maximum absolute atomic E-state index is 4.31. The fourth-order valence-corrected chi connectivity index (χ4v) is 0.821. The Balaban J connectivity index is 2.92. The molecule has 1 heteroatoms. The molecule has 0 aliphatic carbocycles. The van der Waals surface area contributed by atoms with Crippen molar-refractivity contribution in [2.75, 3.05) is 6.54 Å². The van der Waals surface area contributed by atoms with Gasteiger partial charge in [-0.2, -0.15) is 0 Å². The van der Waals surface area contributed by atoms with Crippen molar-refractivity contribution in [3.63, 3.8) is 0 Å². The molecular formula is C7H16N. The van der Waals surface area contributed by atoms with E-state index in [4.69, 9.17) is 0 Å². The van der Waals surface area contributed by atoms with Gasteiger partial charge in [0.05, 0.1) is 0 Å². The fourth-order valence-electron chi connectivity index (χ4n) is 0.821. The van der Waals surface area contributed by atoms with Gasteiger partial charge in [0, 0.05) is 12.6 Å². The SMILES string of the molecule is CCCC(C)[N]CC. The molecule has 1 atom stereocenters. The van der Waals surface area contributed by atoms with Gasteiger partial charge in [0.15, 0.2) is 0 Å². The molecule has 0 aliphatic rings. The Kier molecular flexibility index (Phi) is 5.08. The molecule has 0 fully saturated rings. The Bertz CT molecular complexity index is 37.7. The van der Waals surface area contributed by atoms with Crippen LogP contribution in [0.2, 0.25) is 0 Å². The third kappa shape index (κ3) is 4.13. The Morgan fingerprint density at radius 1 is 1.38 bits per heavy atom. The van der Waals surface area contributed by atoms with Gasteiger partial charge in [0.1, 0.15) is 0 Å². The van der Waals surface area contributed by atoms with E-state index in [0.29, 0.717) is 6.04 Å². The molecule has 1 unspecified atom stereocenters. The topological polar surface area (TPSA) is 14.1 Å². The van der Waals surface area contributed by atoms with Crippen molar-refractivity contribution in [1.82, 2.24) is 5.32 Å². The first kappa shape index (κ1) is 7.96. The summed E-state index contributed by atoms with van der Waals surface area (Å²) in [5.41, 5.74) is 0. The van der Waals surface area contributed by atoms with Gasteiger partial charge in [-0.3, -0.25) is 0 Å². The van der Waals surface area contributed by atoms with Gasteiger partial charge < -0.3 is 0 Å². The summed E-state index contributed by atoms with van der Waals surface area (Å²) < 4.78 is 0. The standard InChI is InChI=1S/C7H16N/c1-4-6-7(3)8-5-2/h7H,4-6H2,1-3H3. The average molecular weight is 114 g/mol. The lowest BCUT2D eigenvalue weighted by Crippen LogP contribution is -2.17. The Morgan fingerprint density at radius 3 is 2.38 bits per heavy atom. The van der Waals surface area contributed by atoms with Crippen LogP contribution in [-0.4, -0.2) is 12.6 Å². The van der Waals surface area contributed by atoms with Crippen LogP contribution in [0.3, 0.4) is 0 Å². The molecule has 0 saturated carbocycles. The summed E-state index contributed by atoms with van der Waals surface area (Å²) in [4.78, 5) is 0. The lowest BCUT2D eigenvalue weighted by molar-refractivity contribution is 0.514. The van der Waals surface area contributed by atoms with E-state index in [9.17, 15) is 0 Å². The largest absolute Gasteiger partial charge is 0.239 e. The van der Waals surface area contributed by atoms with Crippen molar-refractivity contribution in [3.8, 4) is 0 Å². The molecule has 0 N–H and O–H groups in total. The zero-order valence-corrected chi connectivity index (χ0v) is 6.15. The number of rotatable bonds is 4. The second-order valence-corrected chi connectivity index (χ2v) is 2.14. The number of hydrogen-bond acceptors (Lipinski definition) is 0. The fraction of sp³-hybridized carbons (Fsp3) is 1.00. The maximum atomic E-state index is 4.31. The van der Waals surface area contributed by atoms with Crippen LogP contribution in [0, 0.1) is 0 Å². The lowest BCUT2D eigenvalue weighted by atomic mass is 10.2. The van der Waals surface area contributed by atoms with E-state index >= 15 is 0 Å². The third-order valence-electron chi connectivity index (χ3n) is 1.20. The second kappa shape index (κ2) is 5.10. The van der Waals surface area contributed by atoms with E-state index in [-0.39, 0.29) is 0 Å². The predicted octanol–water partition coefficient (Wildman–Crippen LogP) is 1.80. The van der Waals surface area contributed by atoms with Crippen molar-refractivity contribution in [2.24, 2.45) is 0 Å². The van der Waals surface area contributed by atoms with Crippen molar-refractivity contribution < 1.29 is 0 Å². The zero-order chi connectivity index (χ0) is 6.41. The number of nitrogens with zero attached hydrogens (tertiary/aromatic N) is 1. The quantitative estimate of drug-likeness (QED) is 0.529. The Labute approximate surface area is 52.5 Å². The molecule has 0 aliphatic heterocycles. The first-order chi connectivity index (χ1) is 3.81. The van der Waals surface area contributed by atoms with Crippen LogP contribution >= 0.6 is 0 Å². The van der Waals surface area contributed by atoms with Gasteiger partial charge in [0.25, 0.3) is 0 Å². The van der Waals surface area contributed by atoms with Gasteiger partial charge >= 0.3 is 0 Å². The zero-order valence-electron chi connectivity index (χ0n) is 6.15. The van der Waals surface area contributed by atoms with Crippen LogP contribution in [0.25, 0.3) is 0 Å². The van der Waals surface area contributed by atoms with Crippen LogP contribution in [0.15, 0.2) is 0 Å². The van der Waals surface area contributed by atoms with E-state index < -0.39 is 0 Å². The van der Waals surface area contributed by atoms with Crippen LogP contribution in [-0.2, 0) is 0 Å². The molecule has 1 radical (unpaired) electrons. The Hall–Kier alpha value is -0.0400. The molecular weight excluding hydrogens is 98.1 g/mol. The summed E-state index contributed by atoms with van der Waals surface area (Å²) in [6.07, 6.45) is 2.50. The summed E-state index contributed by atoms with van der Waals surface area (Å²) in [6, 6.07) is 0.588. The normalized spacial score (nSPS) is 13.9. The monoisotopic (exact) mass is 114 g/mol. The van der Waals surface area contributed by atoms with Gasteiger partial charge in [-0.1, -0.05) is 20.3 Å². The minimum Gasteiger partial charge on any atom is -0.239 e. The van der Waals surface area contributed by atoms with E-state index in [1.165, 1.54) is 12.8 Å². The van der Waals surface area contributed by atoms with Gasteiger partial charge in [-0.25, -0.2) is 5.32 Å². The molecule has 0 heterocycles. The smallest absolute Gasteiger partial charge is 0.0217 e. The molecule has 0 spiro atoms. The number of hydrogen-bond donors (Lipinski definition) is 0. The van der Waals surface area contributed by atoms with Crippen LogP contribution in [0.1, 0.15) is 33.6 Å². The lowest BCUT2D eigenvalue weighted by Gasteiger charge is -2.06. The van der Waals surface area contributed by atoms with Crippen molar-refractivity contribution in [3.05, 3.63) is 0 Å². The first-order valence-electron chi connectivity index (χ1n) is 3.47. The van der Waals surface area contributed by atoms with E-state index in [1.807, 2.05) is 0 Å². The molecule has 8 heavy (non-hydrogen) atoms. The van der Waals surface area contributed by atoms with Crippen molar-refractivity contribution in [2.45, 2.75) is 39.7 Å².